The molecular weight excluding hydrogens is 629 g/mol. The maximum atomic E-state index is 14.2. The summed E-state index contributed by atoms with van der Waals surface area (Å²) in [6.07, 6.45) is 6.55. The molecule has 0 unspecified atom stereocenters. The number of ether oxygens (including phenoxy) is 1. The van der Waals surface area contributed by atoms with Crippen molar-refractivity contribution in [3.63, 3.8) is 0 Å². The number of esters is 1. The molecule has 48 heavy (non-hydrogen) atoms. The van der Waals surface area contributed by atoms with E-state index in [0.717, 1.165) is 38.5 Å². The molecule has 6 rings (SSSR count). The molecule has 3 amide bonds. The van der Waals surface area contributed by atoms with Crippen molar-refractivity contribution >= 4 is 40.5 Å². The Morgan fingerprint density at radius 2 is 1.67 bits per heavy atom. The van der Waals surface area contributed by atoms with E-state index in [2.05, 4.69) is 10.6 Å². The van der Waals surface area contributed by atoms with Gasteiger partial charge in [-0.3, -0.25) is 22.9 Å². The van der Waals surface area contributed by atoms with Crippen LogP contribution in [0.5, 0.6) is 0 Å². The molecule has 10 nitrogen and oxygen atoms in total. The molecule has 0 spiro atoms. The van der Waals surface area contributed by atoms with Gasteiger partial charge in [0.2, 0.25) is 11.8 Å². The lowest BCUT2D eigenvalue weighted by Gasteiger charge is -2.37. The zero-order valence-corrected chi connectivity index (χ0v) is 27.1. The van der Waals surface area contributed by atoms with Gasteiger partial charge in [0.05, 0.1) is 24.9 Å². The highest BCUT2D eigenvalue weighted by Crippen LogP contribution is 2.43. The van der Waals surface area contributed by atoms with E-state index >= 15 is 0 Å². The van der Waals surface area contributed by atoms with Crippen molar-refractivity contribution in [3.8, 4) is 0 Å². The van der Waals surface area contributed by atoms with Crippen LogP contribution in [0.25, 0.3) is 10.9 Å². The van der Waals surface area contributed by atoms with Crippen molar-refractivity contribution in [3.05, 3.63) is 30.0 Å². The molecule has 13 heteroatoms. The molecule has 4 aliphatic rings. The largest absolute Gasteiger partial charge is 0.465 e. The lowest BCUT2D eigenvalue weighted by molar-refractivity contribution is -0.142. The fraction of sp³-hybridized carbons (Fsp3) is 0.657. The van der Waals surface area contributed by atoms with Gasteiger partial charge in [-0.25, -0.2) is 14.0 Å². The zero-order valence-electron chi connectivity index (χ0n) is 27.1. The Bertz CT molecular complexity index is 1510. The molecular formula is C35H45F3N4O6. The van der Waals surface area contributed by atoms with Gasteiger partial charge in [0, 0.05) is 36.4 Å². The quantitative estimate of drug-likeness (QED) is 0.239. The maximum Gasteiger partial charge on any atom is 0.404 e. The molecule has 3 fully saturated rings. The monoisotopic (exact) mass is 674 g/mol. The molecule has 2 aliphatic heterocycles. The van der Waals surface area contributed by atoms with Gasteiger partial charge < -0.3 is 25.4 Å². The Kier molecular flexibility index (Phi) is 10.2. The third kappa shape index (κ3) is 6.48. The van der Waals surface area contributed by atoms with Crippen molar-refractivity contribution in [1.29, 1.82) is 0 Å². The lowest BCUT2D eigenvalue weighted by Crippen LogP contribution is -2.50. The van der Waals surface area contributed by atoms with Crippen LogP contribution in [0, 0.1) is 23.7 Å². The predicted molar refractivity (Wildman–Crippen MR) is 172 cm³/mol. The minimum atomic E-state index is -1.45. The molecule has 3 atom stereocenters. The predicted octanol–water partition coefficient (Wildman–Crippen LogP) is 6.33. The first kappa shape index (κ1) is 34.1. The standard InChI is InChI=1S/C35H45F3N4O6/c36-15-13-35(14-16-37)42-28-11-10-25(18-24(28)19-29(42)33(45)48-35)39-31(43)30-26(21-4-2-1-3-5-21)12-17-41(30)32(44)23-8-6-22(7-9-23)27(20-38)40-34(46)47/h10-11,18-19,21-23,26-27,30,40H,1-9,12-17,20H2,(H,39,43)(H,46,47)/t22-,23-,26-,27+,30-/m0/s1. The number of anilines is 1. The van der Waals surface area contributed by atoms with Crippen LogP contribution < -0.4 is 10.6 Å². The van der Waals surface area contributed by atoms with Crippen LogP contribution in [-0.4, -0.2) is 77.1 Å². The Hall–Kier alpha value is -3.77. The molecule has 262 valence electrons. The second-order valence-corrected chi connectivity index (χ2v) is 14.0. The molecule has 1 saturated heterocycles. The molecule has 0 bridgehead atoms. The highest BCUT2D eigenvalue weighted by Gasteiger charge is 2.48. The normalized spacial score (nSPS) is 26.2. The van der Waals surface area contributed by atoms with Gasteiger partial charge in [-0.15, -0.1) is 0 Å². The first-order chi connectivity index (χ1) is 23.2. The number of cyclic esters (lactones) is 1. The molecule has 1 aromatic carbocycles. The molecule has 2 saturated carbocycles. The van der Waals surface area contributed by atoms with Gasteiger partial charge in [-0.05, 0) is 74.1 Å². The number of hydrogen-bond acceptors (Lipinski definition) is 5. The summed E-state index contributed by atoms with van der Waals surface area (Å²) in [5.41, 5.74) is -0.194. The van der Waals surface area contributed by atoms with Crippen molar-refractivity contribution in [2.45, 2.75) is 94.9 Å². The van der Waals surface area contributed by atoms with E-state index in [1.165, 1.54) is 0 Å². The number of likely N-dealkylation sites (tertiary alicyclic amines) is 1. The molecule has 3 N–H and O–H groups in total. The summed E-state index contributed by atoms with van der Waals surface area (Å²) in [5.74, 6) is -1.17. The smallest absolute Gasteiger partial charge is 0.404 e. The van der Waals surface area contributed by atoms with Gasteiger partial charge in [0.25, 0.3) is 0 Å². The van der Waals surface area contributed by atoms with E-state index < -0.39 is 49.9 Å². The molecule has 0 radical (unpaired) electrons. The number of nitrogens with zero attached hydrogens (tertiary/aromatic N) is 2. The summed E-state index contributed by atoms with van der Waals surface area (Å²) < 4.78 is 47.7. The van der Waals surface area contributed by atoms with Crippen LogP contribution >= 0.6 is 0 Å². The van der Waals surface area contributed by atoms with Crippen molar-refractivity contribution in [2.75, 3.05) is 31.9 Å². The first-order valence-electron chi connectivity index (χ1n) is 17.4. The van der Waals surface area contributed by atoms with Gasteiger partial charge in [-0.2, -0.15) is 0 Å². The number of carboxylic acid groups (broad SMARTS) is 1. The minimum absolute atomic E-state index is 0.0140. The van der Waals surface area contributed by atoms with Crippen LogP contribution in [0.1, 0.15) is 87.5 Å². The van der Waals surface area contributed by atoms with Crippen LogP contribution in [-0.2, 0) is 20.1 Å². The van der Waals surface area contributed by atoms with E-state index in [4.69, 9.17) is 9.84 Å². The maximum absolute atomic E-state index is 14.2. The Labute approximate surface area is 277 Å². The molecule has 3 heterocycles. The fourth-order valence-electron chi connectivity index (χ4n) is 9.01. The number of alkyl halides is 3. The third-order valence-corrected chi connectivity index (χ3v) is 11.4. The molecule has 2 aliphatic carbocycles. The average Bonchev–Trinajstić information content (AvgIpc) is 3.77. The van der Waals surface area contributed by atoms with Crippen molar-refractivity contribution in [1.82, 2.24) is 14.8 Å². The number of carbonyl (C=O) groups is 4. The van der Waals surface area contributed by atoms with Crippen molar-refractivity contribution < 1.29 is 42.2 Å². The summed E-state index contributed by atoms with van der Waals surface area (Å²) in [4.78, 5) is 53.8. The Morgan fingerprint density at radius 3 is 2.31 bits per heavy atom. The highest BCUT2D eigenvalue weighted by molar-refractivity contribution is 6.02. The number of fused-ring (bicyclic) bond motifs is 3. The number of amides is 3. The Balaban J connectivity index is 1.21. The number of nitrogens with one attached hydrogen (secondary N) is 2. The van der Waals surface area contributed by atoms with Gasteiger partial charge in [-0.1, -0.05) is 32.1 Å². The van der Waals surface area contributed by atoms with Gasteiger partial charge in [0.1, 0.15) is 18.4 Å². The fourth-order valence-corrected chi connectivity index (χ4v) is 9.01. The van der Waals surface area contributed by atoms with Crippen LogP contribution in [0.2, 0.25) is 0 Å². The summed E-state index contributed by atoms with van der Waals surface area (Å²) in [7, 11) is 0. The Morgan fingerprint density at radius 1 is 0.958 bits per heavy atom. The average molecular weight is 675 g/mol. The van der Waals surface area contributed by atoms with E-state index in [1.54, 1.807) is 33.7 Å². The number of halogens is 3. The minimum Gasteiger partial charge on any atom is -0.465 e. The highest BCUT2D eigenvalue weighted by atomic mass is 19.1. The summed E-state index contributed by atoms with van der Waals surface area (Å²) >= 11 is 0. The number of aromatic nitrogens is 1. The topological polar surface area (TPSA) is 130 Å². The van der Waals surface area contributed by atoms with E-state index in [9.17, 15) is 32.3 Å². The van der Waals surface area contributed by atoms with E-state index in [1.807, 2.05) is 0 Å². The van der Waals surface area contributed by atoms with Crippen LogP contribution in [0.15, 0.2) is 24.3 Å². The lowest BCUT2D eigenvalue weighted by atomic mass is 9.76. The van der Waals surface area contributed by atoms with Crippen molar-refractivity contribution in [2.24, 2.45) is 23.7 Å². The van der Waals surface area contributed by atoms with Crippen LogP contribution in [0.4, 0.5) is 23.7 Å². The number of carbonyl (C=O) groups excluding carboxylic acids is 3. The third-order valence-electron chi connectivity index (χ3n) is 11.4. The number of hydrogen-bond donors (Lipinski definition) is 3. The number of benzene rings is 1. The zero-order chi connectivity index (χ0) is 34.0. The summed E-state index contributed by atoms with van der Waals surface area (Å²) in [6.45, 7) is -1.91. The van der Waals surface area contributed by atoms with E-state index in [0.29, 0.717) is 54.7 Å². The van der Waals surface area contributed by atoms with Gasteiger partial charge in [0.15, 0.2) is 5.72 Å². The van der Waals surface area contributed by atoms with Crippen LogP contribution in [0.3, 0.4) is 0 Å². The molecule has 2 aromatic rings. The second kappa shape index (κ2) is 14.4. The van der Waals surface area contributed by atoms with Gasteiger partial charge >= 0.3 is 12.1 Å². The summed E-state index contributed by atoms with van der Waals surface area (Å²) in [5, 5.41) is 15.0. The second-order valence-electron chi connectivity index (χ2n) is 14.0. The molecule has 1 aromatic heterocycles. The summed E-state index contributed by atoms with van der Waals surface area (Å²) in [6, 6.07) is 5.28. The SMILES string of the molecule is O=C(O)N[C@H](CF)[C@H]1CC[C@H](C(=O)N2CC[C@@H](C3CCCCC3)[C@H]2C(=O)Nc2ccc3c(c2)cc2n3C(CCF)(CCF)OC2=O)CC1. The van der Waals surface area contributed by atoms with E-state index in [-0.39, 0.29) is 48.1 Å². The first-order valence-corrected chi connectivity index (χ1v) is 17.4. The number of rotatable bonds is 11.